The molecule has 3 heterocycles. The first kappa shape index (κ1) is 26.9. The number of nitrogens with zero attached hydrogens (tertiary/aromatic N) is 4. The number of aromatic nitrogens is 4. The van der Waals surface area contributed by atoms with Crippen LogP contribution in [0, 0.1) is 0 Å². The highest BCUT2D eigenvalue weighted by Crippen LogP contribution is 2.36. The van der Waals surface area contributed by atoms with Crippen LogP contribution in [0.4, 0.5) is 23.8 Å². The minimum Gasteiger partial charge on any atom is -0.444 e. The maximum absolute atomic E-state index is 13.0. The molecular formula is C23H31F3N6O5. The number of rotatable bonds is 7. The highest BCUT2D eigenvalue weighted by atomic mass is 19.4. The van der Waals surface area contributed by atoms with E-state index in [1.54, 1.807) is 10.7 Å². The molecule has 0 bridgehead atoms. The molecule has 1 aliphatic carbocycles. The maximum atomic E-state index is 13.0. The SMILES string of the molecule is Cn1nc(COC(F)(F)F)cc1C(=O)Nc1cc([C@H]2C[C@@H](OC(=O)NC3(C)CC3)CO2)nn1C(C)(C)C. The van der Waals surface area contributed by atoms with Crippen molar-refractivity contribution >= 4 is 17.8 Å². The molecule has 11 nitrogen and oxygen atoms in total. The Balaban J connectivity index is 1.44. The number of aryl methyl sites for hydroxylation is 1. The van der Waals surface area contributed by atoms with Crippen LogP contribution in [0.25, 0.3) is 0 Å². The van der Waals surface area contributed by atoms with Gasteiger partial charge in [-0.1, -0.05) is 0 Å². The van der Waals surface area contributed by atoms with E-state index in [0.29, 0.717) is 17.9 Å². The second-order valence-corrected chi connectivity index (χ2v) is 10.6. The van der Waals surface area contributed by atoms with Crippen molar-refractivity contribution in [3.63, 3.8) is 0 Å². The Morgan fingerprint density at radius 3 is 2.54 bits per heavy atom. The Morgan fingerprint density at radius 1 is 1.22 bits per heavy atom. The summed E-state index contributed by atoms with van der Waals surface area (Å²) < 4.78 is 55.0. The molecule has 2 atom stereocenters. The van der Waals surface area contributed by atoms with Crippen molar-refractivity contribution in [3.05, 3.63) is 29.2 Å². The summed E-state index contributed by atoms with van der Waals surface area (Å²) >= 11 is 0. The molecule has 2 N–H and O–H groups in total. The first-order chi connectivity index (χ1) is 17.1. The Kier molecular flexibility index (Phi) is 7.01. The number of hydrogen-bond donors (Lipinski definition) is 2. The average molecular weight is 529 g/mol. The quantitative estimate of drug-likeness (QED) is 0.561. The normalized spacial score (nSPS) is 21.1. The van der Waals surface area contributed by atoms with Crippen LogP contribution in [0.3, 0.4) is 0 Å². The monoisotopic (exact) mass is 528 g/mol. The third kappa shape index (κ3) is 6.80. The molecule has 0 unspecified atom stereocenters. The molecule has 0 radical (unpaired) electrons. The van der Waals surface area contributed by atoms with Gasteiger partial charge in [-0.05, 0) is 46.6 Å². The van der Waals surface area contributed by atoms with Gasteiger partial charge in [-0.2, -0.15) is 10.2 Å². The summed E-state index contributed by atoms with van der Waals surface area (Å²) in [6.45, 7) is 7.08. The van der Waals surface area contributed by atoms with Gasteiger partial charge in [0.05, 0.1) is 23.5 Å². The minimum atomic E-state index is -4.80. The largest absolute Gasteiger partial charge is 0.522 e. The zero-order valence-electron chi connectivity index (χ0n) is 21.3. The van der Waals surface area contributed by atoms with Gasteiger partial charge in [-0.15, -0.1) is 13.2 Å². The van der Waals surface area contributed by atoms with Crippen LogP contribution in [-0.2, 0) is 33.4 Å². The molecular weight excluding hydrogens is 497 g/mol. The summed E-state index contributed by atoms with van der Waals surface area (Å²) in [5.74, 6) is -0.210. The van der Waals surface area contributed by atoms with Crippen molar-refractivity contribution in [2.24, 2.45) is 7.05 Å². The number of carbonyl (C=O) groups excluding carboxylic acids is 2. The number of anilines is 1. The van der Waals surface area contributed by atoms with Gasteiger partial charge in [0.1, 0.15) is 30.3 Å². The Labute approximate surface area is 211 Å². The van der Waals surface area contributed by atoms with Gasteiger partial charge in [0.15, 0.2) is 0 Å². The van der Waals surface area contributed by atoms with E-state index in [4.69, 9.17) is 9.47 Å². The molecule has 1 saturated heterocycles. The first-order valence-electron chi connectivity index (χ1n) is 11.9. The lowest BCUT2D eigenvalue weighted by Crippen LogP contribution is -2.37. The van der Waals surface area contributed by atoms with Crippen LogP contribution in [0.15, 0.2) is 12.1 Å². The smallest absolute Gasteiger partial charge is 0.444 e. The number of halogens is 3. The molecule has 4 rings (SSSR count). The first-order valence-corrected chi connectivity index (χ1v) is 11.9. The van der Waals surface area contributed by atoms with Gasteiger partial charge >= 0.3 is 12.5 Å². The van der Waals surface area contributed by atoms with Crippen molar-refractivity contribution in [3.8, 4) is 0 Å². The molecule has 2 fully saturated rings. The number of alkyl halides is 3. The van der Waals surface area contributed by atoms with Gasteiger partial charge < -0.3 is 20.1 Å². The van der Waals surface area contributed by atoms with Gasteiger partial charge in [0.2, 0.25) is 0 Å². The van der Waals surface area contributed by atoms with Crippen LogP contribution in [0.5, 0.6) is 0 Å². The minimum absolute atomic E-state index is 0.0416. The third-order valence-electron chi connectivity index (χ3n) is 6.12. The maximum Gasteiger partial charge on any atom is 0.522 e. The lowest BCUT2D eigenvalue weighted by atomic mass is 10.1. The second kappa shape index (κ2) is 9.63. The highest BCUT2D eigenvalue weighted by Gasteiger charge is 2.40. The fourth-order valence-corrected chi connectivity index (χ4v) is 3.93. The lowest BCUT2D eigenvalue weighted by molar-refractivity contribution is -0.330. The molecule has 0 aromatic carbocycles. The van der Waals surface area contributed by atoms with E-state index in [-0.39, 0.29) is 23.5 Å². The van der Waals surface area contributed by atoms with Gasteiger partial charge in [-0.3, -0.25) is 14.2 Å². The number of alkyl carbamates (subject to hydrolysis) is 1. The van der Waals surface area contributed by atoms with E-state index in [0.717, 1.165) is 12.8 Å². The number of carbonyl (C=O) groups is 2. The summed E-state index contributed by atoms with van der Waals surface area (Å²) in [5, 5.41) is 14.2. The van der Waals surface area contributed by atoms with Crippen molar-refractivity contribution < 1.29 is 37.0 Å². The average Bonchev–Trinajstić information content (AvgIpc) is 3.15. The van der Waals surface area contributed by atoms with Crippen molar-refractivity contribution in [2.75, 3.05) is 11.9 Å². The molecule has 2 amide bonds. The highest BCUT2D eigenvalue weighted by molar-refractivity contribution is 6.02. The summed E-state index contributed by atoms with van der Waals surface area (Å²) in [7, 11) is 1.45. The van der Waals surface area contributed by atoms with E-state index in [9.17, 15) is 22.8 Å². The van der Waals surface area contributed by atoms with Crippen LogP contribution in [-0.4, -0.2) is 56.2 Å². The van der Waals surface area contributed by atoms with Gasteiger partial charge in [0.25, 0.3) is 5.91 Å². The summed E-state index contributed by atoms with van der Waals surface area (Å²) in [6.07, 6.45) is -3.91. The Morgan fingerprint density at radius 2 is 1.92 bits per heavy atom. The van der Waals surface area contributed by atoms with E-state index in [2.05, 4.69) is 25.6 Å². The molecule has 2 aromatic rings. The second-order valence-electron chi connectivity index (χ2n) is 10.6. The lowest BCUT2D eigenvalue weighted by Gasteiger charge is -2.22. The Bertz CT molecular complexity index is 1160. The van der Waals surface area contributed by atoms with Crippen LogP contribution in [0.2, 0.25) is 0 Å². The molecule has 0 spiro atoms. The molecule has 37 heavy (non-hydrogen) atoms. The molecule has 1 aliphatic heterocycles. The third-order valence-corrected chi connectivity index (χ3v) is 6.12. The van der Waals surface area contributed by atoms with Crippen LogP contribution >= 0.6 is 0 Å². The van der Waals surface area contributed by atoms with E-state index in [1.165, 1.54) is 17.8 Å². The molecule has 2 aromatic heterocycles. The number of ether oxygens (including phenoxy) is 3. The molecule has 204 valence electrons. The number of amides is 2. The summed E-state index contributed by atoms with van der Waals surface area (Å²) in [4.78, 5) is 25.1. The van der Waals surface area contributed by atoms with E-state index >= 15 is 0 Å². The van der Waals surface area contributed by atoms with Crippen molar-refractivity contribution in [2.45, 2.75) is 83.2 Å². The van der Waals surface area contributed by atoms with Crippen LogP contribution < -0.4 is 10.6 Å². The molecule has 1 saturated carbocycles. The standard InChI is InChI=1S/C23H31F3N6O5/c1-21(2,3)32-18(27-19(33)16-8-13(29-31(16)5)11-36-23(24,25)26)10-15(30-32)17-9-14(12-35-17)37-20(34)28-22(4)6-7-22/h8,10,14,17H,6-7,9,11-12H2,1-5H3,(H,27,33)(H,28,34)/t14-,17-/m1/s1. The fraction of sp³-hybridized carbons (Fsp3) is 0.652. The zero-order chi connectivity index (χ0) is 27.2. The molecule has 14 heteroatoms. The predicted molar refractivity (Wildman–Crippen MR) is 124 cm³/mol. The topological polar surface area (TPSA) is 122 Å². The summed E-state index contributed by atoms with van der Waals surface area (Å²) in [6, 6.07) is 2.90. The summed E-state index contributed by atoms with van der Waals surface area (Å²) in [5.41, 5.74) is -0.151. The number of hydrogen-bond acceptors (Lipinski definition) is 7. The van der Waals surface area contributed by atoms with E-state index in [1.807, 2.05) is 27.7 Å². The van der Waals surface area contributed by atoms with Gasteiger partial charge in [0, 0.05) is 25.1 Å². The van der Waals surface area contributed by atoms with E-state index < -0.39 is 42.7 Å². The Hall–Kier alpha value is -3.13. The van der Waals surface area contributed by atoms with Crippen molar-refractivity contribution in [1.29, 1.82) is 0 Å². The molecule has 2 aliphatic rings. The van der Waals surface area contributed by atoms with Gasteiger partial charge in [-0.25, -0.2) is 9.48 Å². The zero-order valence-corrected chi connectivity index (χ0v) is 21.3. The predicted octanol–water partition coefficient (Wildman–Crippen LogP) is 3.77. The fourth-order valence-electron chi connectivity index (χ4n) is 3.93. The van der Waals surface area contributed by atoms with Crippen LogP contribution in [0.1, 0.15) is 74.9 Å². The van der Waals surface area contributed by atoms with Crippen molar-refractivity contribution in [1.82, 2.24) is 24.9 Å². The number of nitrogens with one attached hydrogen (secondary N) is 2.